The van der Waals surface area contributed by atoms with Crippen LogP contribution in [-0.4, -0.2) is 40.9 Å². The molecule has 0 aliphatic heterocycles. The van der Waals surface area contributed by atoms with Crippen molar-refractivity contribution < 1.29 is 19.4 Å². The summed E-state index contributed by atoms with van der Waals surface area (Å²) in [6.45, 7) is 1.66. The Hall–Kier alpha value is -2.21. The SMILES string of the molecule is CO.COc1ccc2c(C(C)=O)cn(CC=O)c2n1. The van der Waals surface area contributed by atoms with E-state index in [-0.39, 0.29) is 12.3 Å². The Morgan fingerprint density at radius 3 is 2.68 bits per heavy atom. The highest BCUT2D eigenvalue weighted by atomic mass is 16.5. The number of carbonyl (C=O) groups is 2. The molecule has 0 bridgehead atoms. The fourth-order valence-electron chi connectivity index (χ4n) is 1.76. The number of ketones is 1. The molecule has 0 radical (unpaired) electrons. The zero-order valence-electron chi connectivity index (χ0n) is 11.1. The molecular weight excluding hydrogens is 248 g/mol. The Morgan fingerprint density at radius 2 is 2.16 bits per heavy atom. The van der Waals surface area contributed by atoms with Crippen molar-refractivity contribution in [2.75, 3.05) is 14.2 Å². The van der Waals surface area contributed by atoms with E-state index in [0.717, 1.165) is 18.8 Å². The van der Waals surface area contributed by atoms with Gasteiger partial charge in [0.1, 0.15) is 11.9 Å². The monoisotopic (exact) mass is 264 g/mol. The molecule has 2 aromatic heterocycles. The second kappa shape index (κ2) is 6.65. The topological polar surface area (TPSA) is 81.4 Å². The number of aromatic nitrogens is 2. The summed E-state index contributed by atoms with van der Waals surface area (Å²) in [6.07, 6.45) is 2.42. The van der Waals surface area contributed by atoms with Crippen LogP contribution in [0.2, 0.25) is 0 Å². The van der Waals surface area contributed by atoms with Crippen LogP contribution < -0.4 is 4.74 Å². The molecule has 6 heteroatoms. The largest absolute Gasteiger partial charge is 0.481 e. The molecule has 0 atom stereocenters. The van der Waals surface area contributed by atoms with Crippen LogP contribution in [0.1, 0.15) is 17.3 Å². The van der Waals surface area contributed by atoms with E-state index in [0.29, 0.717) is 17.1 Å². The zero-order chi connectivity index (χ0) is 14.4. The van der Waals surface area contributed by atoms with Crippen LogP contribution in [0.25, 0.3) is 11.0 Å². The number of aldehydes is 1. The summed E-state index contributed by atoms with van der Waals surface area (Å²) in [4.78, 5) is 26.3. The molecule has 2 heterocycles. The minimum Gasteiger partial charge on any atom is -0.481 e. The van der Waals surface area contributed by atoms with E-state index >= 15 is 0 Å². The van der Waals surface area contributed by atoms with Crippen molar-refractivity contribution in [2.45, 2.75) is 13.5 Å². The van der Waals surface area contributed by atoms with E-state index in [1.54, 1.807) is 22.9 Å². The Labute approximate surface area is 110 Å². The van der Waals surface area contributed by atoms with Crippen molar-refractivity contribution in [1.29, 1.82) is 0 Å². The lowest BCUT2D eigenvalue weighted by Gasteiger charge is -2.01. The van der Waals surface area contributed by atoms with Gasteiger partial charge in [0.2, 0.25) is 5.88 Å². The molecule has 0 spiro atoms. The predicted octanol–water partition coefficient (Wildman–Crippen LogP) is 1.05. The van der Waals surface area contributed by atoms with E-state index in [1.807, 2.05) is 0 Å². The third kappa shape index (κ3) is 2.97. The van der Waals surface area contributed by atoms with Gasteiger partial charge in [0.15, 0.2) is 5.78 Å². The third-order valence-corrected chi connectivity index (χ3v) is 2.56. The van der Waals surface area contributed by atoms with Crippen LogP contribution in [0.3, 0.4) is 0 Å². The number of ether oxygens (including phenoxy) is 1. The summed E-state index contributed by atoms with van der Waals surface area (Å²) < 4.78 is 6.67. The van der Waals surface area contributed by atoms with Gasteiger partial charge in [0.25, 0.3) is 0 Å². The first-order valence-corrected chi connectivity index (χ1v) is 5.60. The van der Waals surface area contributed by atoms with Gasteiger partial charge < -0.3 is 19.2 Å². The third-order valence-electron chi connectivity index (χ3n) is 2.56. The van der Waals surface area contributed by atoms with E-state index in [2.05, 4.69) is 4.98 Å². The molecule has 1 N–H and O–H groups in total. The molecule has 0 fully saturated rings. The van der Waals surface area contributed by atoms with Crippen molar-refractivity contribution in [3.05, 3.63) is 23.9 Å². The molecule has 0 saturated carbocycles. The Kier molecular flexibility index (Phi) is 5.20. The molecular formula is C13H16N2O4. The van der Waals surface area contributed by atoms with E-state index in [1.165, 1.54) is 14.0 Å². The minimum atomic E-state index is -0.0494. The van der Waals surface area contributed by atoms with Crippen LogP contribution in [0.15, 0.2) is 18.3 Å². The van der Waals surface area contributed by atoms with Gasteiger partial charge in [0, 0.05) is 30.3 Å². The van der Waals surface area contributed by atoms with Crippen LogP contribution >= 0.6 is 0 Å². The molecule has 0 aliphatic carbocycles. The fraction of sp³-hybridized carbons (Fsp3) is 0.308. The molecule has 0 aliphatic rings. The second-order valence-electron chi connectivity index (χ2n) is 3.64. The van der Waals surface area contributed by atoms with Gasteiger partial charge in [-0.2, -0.15) is 4.98 Å². The Morgan fingerprint density at radius 1 is 1.47 bits per heavy atom. The van der Waals surface area contributed by atoms with E-state index in [9.17, 15) is 9.59 Å². The summed E-state index contributed by atoms with van der Waals surface area (Å²) in [5.41, 5.74) is 1.15. The lowest BCUT2D eigenvalue weighted by atomic mass is 10.1. The normalized spacial score (nSPS) is 9.68. The summed E-state index contributed by atoms with van der Waals surface area (Å²) >= 11 is 0. The number of pyridine rings is 1. The standard InChI is InChI=1S/C12H12N2O3.CH4O/c1-8(16)10-7-14(5-6-15)12-9(10)3-4-11(13-12)17-2;1-2/h3-4,6-7H,5H2,1-2H3;2H,1H3. The summed E-state index contributed by atoms with van der Waals surface area (Å²) in [5.74, 6) is 0.407. The van der Waals surface area contributed by atoms with Gasteiger partial charge in [0.05, 0.1) is 13.7 Å². The van der Waals surface area contributed by atoms with Crippen molar-refractivity contribution >= 4 is 23.1 Å². The quantitative estimate of drug-likeness (QED) is 0.659. The highest BCUT2D eigenvalue weighted by Crippen LogP contribution is 2.22. The lowest BCUT2D eigenvalue weighted by Crippen LogP contribution is -1.98. The number of Topliss-reactive ketones (excluding diaryl/α,β-unsaturated/α-hetero) is 1. The number of rotatable bonds is 4. The van der Waals surface area contributed by atoms with Gasteiger partial charge in [-0.1, -0.05) is 0 Å². The molecule has 2 aromatic rings. The van der Waals surface area contributed by atoms with Gasteiger partial charge in [-0.05, 0) is 13.0 Å². The lowest BCUT2D eigenvalue weighted by molar-refractivity contribution is -0.108. The first-order chi connectivity index (χ1) is 9.17. The molecule has 2 rings (SSSR count). The van der Waals surface area contributed by atoms with E-state index in [4.69, 9.17) is 9.84 Å². The number of hydrogen-bond donors (Lipinski definition) is 1. The van der Waals surface area contributed by atoms with Gasteiger partial charge in [-0.15, -0.1) is 0 Å². The van der Waals surface area contributed by atoms with Gasteiger partial charge in [-0.3, -0.25) is 4.79 Å². The first-order valence-electron chi connectivity index (χ1n) is 5.60. The molecule has 0 amide bonds. The molecule has 102 valence electrons. The molecule has 6 nitrogen and oxygen atoms in total. The fourth-order valence-corrected chi connectivity index (χ4v) is 1.76. The Balaban J connectivity index is 0.000000861. The highest BCUT2D eigenvalue weighted by molar-refractivity contribution is 6.06. The summed E-state index contributed by atoms with van der Waals surface area (Å²) in [6, 6.07) is 3.47. The van der Waals surface area contributed by atoms with Crippen LogP contribution in [0.5, 0.6) is 5.88 Å². The number of aliphatic hydroxyl groups excluding tert-OH is 1. The number of methoxy groups -OCH3 is 1. The number of nitrogens with zero attached hydrogens (tertiary/aromatic N) is 2. The molecule has 19 heavy (non-hydrogen) atoms. The van der Waals surface area contributed by atoms with Gasteiger partial charge in [-0.25, -0.2) is 0 Å². The number of carbonyl (C=O) groups excluding carboxylic acids is 2. The maximum absolute atomic E-state index is 11.5. The van der Waals surface area contributed by atoms with Crippen LogP contribution in [-0.2, 0) is 11.3 Å². The van der Waals surface area contributed by atoms with Crippen molar-refractivity contribution in [3.63, 3.8) is 0 Å². The average Bonchev–Trinajstić information content (AvgIpc) is 2.80. The van der Waals surface area contributed by atoms with Crippen molar-refractivity contribution in [1.82, 2.24) is 9.55 Å². The molecule has 0 aromatic carbocycles. The van der Waals surface area contributed by atoms with Gasteiger partial charge >= 0.3 is 0 Å². The number of aliphatic hydroxyl groups is 1. The highest BCUT2D eigenvalue weighted by Gasteiger charge is 2.13. The van der Waals surface area contributed by atoms with Crippen molar-refractivity contribution in [3.8, 4) is 5.88 Å². The first kappa shape index (κ1) is 14.8. The van der Waals surface area contributed by atoms with E-state index < -0.39 is 0 Å². The van der Waals surface area contributed by atoms with Crippen LogP contribution in [0.4, 0.5) is 0 Å². The van der Waals surface area contributed by atoms with Crippen molar-refractivity contribution in [2.24, 2.45) is 0 Å². The summed E-state index contributed by atoms with van der Waals surface area (Å²) in [5, 5.41) is 7.74. The predicted molar refractivity (Wildman–Crippen MR) is 70.5 cm³/mol. The minimum absolute atomic E-state index is 0.0494. The number of hydrogen-bond acceptors (Lipinski definition) is 5. The number of fused-ring (bicyclic) bond motifs is 1. The summed E-state index contributed by atoms with van der Waals surface area (Å²) in [7, 11) is 2.52. The molecule has 0 unspecified atom stereocenters. The average molecular weight is 264 g/mol. The molecule has 0 saturated heterocycles. The maximum atomic E-state index is 11.5. The Bertz CT molecular complexity index is 590. The smallest absolute Gasteiger partial charge is 0.214 e. The maximum Gasteiger partial charge on any atom is 0.214 e. The van der Waals surface area contributed by atoms with Crippen LogP contribution in [0, 0.1) is 0 Å². The zero-order valence-corrected chi connectivity index (χ0v) is 11.1. The second-order valence-corrected chi connectivity index (χ2v) is 3.64.